The molecule has 1 N–H and O–H groups in total. The Bertz CT molecular complexity index is 1370. The van der Waals surface area contributed by atoms with Gasteiger partial charge in [-0.1, -0.05) is 30.3 Å². The van der Waals surface area contributed by atoms with Gasteiger partial charge in [0.15, 0.2) is 9.84 Å². The van der Waals surface area contributed by atoms with E-state index in [-0.39, 0.29) is 22.8 Å². The van der Waals surface area contributed by atoms with Crippen LogP contribution in [0.4, 0.5) is 8.78 Å². The lowest BCUT2D eigenvalue weighted by atomic mass is 9.80. The van der Waals surface area contributed by atoms with Crippen LogP contribution < -0.4 is 0 Å². The monoisotopic (exact) mass is 474 g/mol. The van der Waals surface area contributed by atoms with Crippen LogP contribution in [-0.4, -0.2) is 39.7 Å². The molecule has 0 bridgehead atoms. The maximum Gasteiger partial charge on any atom is 0.175 e. The van der Waals surface area contributed by atoms with Crippen molar-refractivity contribution in [3.8, 4) is 11.3 Å². The van der Waals surface area contributed by atoms with Gasteiger partial charge in [0.05, 0.1) is 17.4 Å². The largest absolute Gasteiger partial charge is 0.382 e. The molecular formula is C22H20F2N4O4S. The molecule has 2 heterocycles. The van der Waals surface area contributed by atoms with Crippen molar-refractivity contribution in [3.05, 3.63) is 84.1 Å². The second-order valence-corrected chi connectivity index (χ2v) is 9.79. The Morgan fingerprint density at radius 1 is 1.15 bits per heavy atom. The van der Waals surface area contributed by atoms with Crippen molar-refractivity contribution in [1.29, 1.82) is 0 Å². The normalized spacial score (nSPS) is 14.7. The highest BCUT2D eigenvalue weighted by molar-refractivity contribution is 7.90. The molecule has 172 valence electrons. The first-order valence-electron chi connectivity index (χ1n) is 9.85. The summed E-state index contributed by atoms with van der Waals surface area (Å²) in [6, 6.07) is 10.6. The van der Waals surface area contributed by atoms with Gasteiger partial charge in [0, 0.05) is 29.5 Å². The number of benzene rings is 2. The molecular weight excluding hydrogens is 454 g/mol. The van der Waals surface area contributed by atoms with E-state index in [2.05, 4.69) is 15.2 Å². The lowest BCUT2D eigenvalue weighted by Crippen LogP contribution is -2.38. The first-order chi connectivity index (χ1) is 15.6. The van der Waals surface area contributed by atoms with E-state index in [4.69, 9.17) is 4.52 Å². The zero-order valence-electron chi connectivity index (χ0n) is 17.7. The Labute approximate surface area is 188 Å². The van der Waals surface area contributed by atoms with E-state index >= 15 is 0 Å². The van der Waals surface area contributed by atoms with Crippen molar-refractivity contribution in [3.63, 3.8) is 0 Å². The van der Waals surface area contributed by atoms with Gasteiger partial charge in [0.25, 0.3) is 0 Å². The molecule has 0 aliphatic rings. The van der Waals surface area contributed by atoms with Crippen LogP contribution in [0.3, 0.4) is 0 Å². The van der Waals surface area contributed by atoms with Crippen LogP contribution in [0.15, 0.2) is 70.6 Å². The molecule has 0 saturated carbocycles. The second-order valence-electron chi connectivity index (χ2n) is 7.77. The fourth-order valence-corrected chi connectivity index (χ4v) is 4.23. The Balaban J connectivity index is 1.71. The molecule has 4 aromatic rings. The van der Waals surface area contributed by atoms with Gasteiger partial charge in [-0.2, -0.15) is 5.10 Å². The molecule has 11 heteroatoms. The third kappa shape index (κ3) is 4.55. The van der Waals surface area contributed by atoms with Crippen LogP contribution in [0.1, 0.15) is 24.2 Å². The standard InChI is InChI=1S/C22H20F2N4O4S/c1-14(21-10-20(27-32-21)15-3-6-17(7-4-15)33(2,30)31)22(29,11-28-13-25-12-26-28)18-8-5-16(23)9-19(18)24/h3-10,12-14,29H,11H2,1-2H3/t14-,22+/m0/s1. The molecule has 0 fully saturated rings. The fourth-order valence-electron chi connectivity index (χ4n) is 3.59. The SMILES string of the molecule is C[C@@H](c1cc(-c2ccc(S(C)(=O)=O)cc2)no1)[C@](O)(Cn1cncn1)c1ccc(F)cc1F. The molecule has 4 rings (SSSR count). The highest BCUT2D eigenvalue weighted by Crippen LogP contribution is 2.40. The average Bonchev–Trinajstić information content (AvgIpc) is 3.44. The average molecular weight is 474 g/mol. The molecule has 0 aliphatic heterocycles. The van der Waals surface area contributed by atoms with Crippen LogP contribution in [0.2, 0.25) is 0 Å². The number of sulfone groups is 1. The molecule has 0 aliphatic carbocycles. The van der Waals surface area contributed by atoms with Gasteiger partial charge in [-0.3, -0.25) is 0 Å². The van der Waals surface area contributed by atoms with E-state index in [0.717, 1.165) is 12.3 Å². The number of nitrogens with zero attached hydrogens (tertiary/aromatic N) is 4. The third-order valence-electron chi connectivity index (χ3n) is 5.52. The Morgan fingerprint density at radius 3 is 2.48 bits per heavy atom. The van der Waals surface area contributed by atoms with E-state index in [9.17, 15) is 22.3 Å². The van der Waals surface area contributed by atoms with Gasteiger partial charge in [-0.05, 0) is 18.2 Å². The summed E-state index contributed by atoms with van der Waals surface area (Å²) in [7, 11) is -3.34. The fraction of sp³-hybridized carbons (Fsp3) is 0.227. The van der Waals surface area contributed by atoms with Crippen LogP contribution in [0.25, 0.3) is 11.3 Å². The number of aliphatic hydroxyl groups is 1. The Kier molecular flexibility index (Phi) is 5.85. The van der Waals surface area contributed by atoms with Crippen molar-refractivity contribution in [2.45, 2.75) is 29.9 Å². The zero-order chi connectivity index (χ0) is 23.8. The van der Waals surface area contributed by atoms with Gasteiger partial charge >= 0.3 is 0 Å². The third-order valence-corrected chi connectivity index (χ3v) is 6.65. The molecule has 0 radical (unpaired) electrons. The zero-order valence-corrected chi connectivity index (χ0v) is 18.5. The van der Waals surface area contributed by atoms with Crippen LogP contribution in [0.5, 0.6) is 0 Å². The molecule has 2 atom stereocenters. The summed E-state index contributed by atoms with van der Waals surface area (Å²) in [6.07, 6.45) is 3.76. The maximum atomic E-state index is 14.7. The Morgan fingerprint density at radius 2 is 1.88 bits per heavy atom. The number of hydrogen-bond acceptors (Lipinski definition) is 7. The van der Waals surface area contributed by atoms with Crippen molar-refractivity contribution in [2.75, 3.05) is 6.26 Å². The summed E-state index contributed by atoms with van der Waals surface area (Å²) in [4.78, 5) is 4.01. The summed E-state index contributed by atoms with van der Waals surface area (Å²) in [5, 5.41) is 19.6. The molecule has 2 aromatic carbocycles. The summed E-state index contributed by atoms with van der Waals surface area (Å²) >= 11 is 0. The topological polar surface area (TPSA) is 111 Å². The van der Waals surface area contributed by atoms with Crippen molar-refractivity contribution < 1.29 is 26.8 Å². The molecule has 8 nitrogen and oxygen atoms in total. The lowest BCUT2D eigenvalue weighted by molar-refractivity contribution is -0.0181. The molecule has 0 saturated heterocycles. The highest BCUT2D eigenvalue weighted by atomic mass is 32.2. The van der Waals surface area contributed by atoms with E-state index in [1.165, 1.54) is 35.5 Å². The molecule has 0 amide bonds. The number of halogens is 2. The molecule has 2 aromatic heterocycles. The summed E-state index contributed by atoms with van der Waals surface area (Å²) in [5.41, 5.74) is -1.03. The van der Waals surface area contributed by atoms with Gasteiger partial charge in [0.1, 0.15) is 41.3 Å². The van der Waals surface area contributed by atoms with E-state index in [1.54, 1.807) is 25.1 Å². The minimum Gasteiger partial charge on any atom is -0.382 e. The predicted octanol–water partition coefficient (Wildman–Crippen LogP) is 3.31. The summed E-state index contributed by atoms with van der Waals surface area (Å²) < 4.78 is 58.4. The maximum absolute atomic E-state index is 14.7. The van der Waals surface area contributed by atoms with Crippen molar-refractivity contribution in [2.24, 2.45) is 0 Å². The van der Waals surface area contributed by atoms with Crippen LogP contribution in [-0.2, 0) is 22.0 Å². The molecule has 0 spiro atoms. The van der Waals surface area contributed by atoms with E-state index in [1.807, 2.05) is 0 Å². The van der Waals surface area contributed by atoms with Crippen molar-refractivity contribution >= 4 is 9.84 Å². The smallest absolute Gasteiger partial charge is 0.175 e. The van der Waals surface area contributed by atoms with Crippen LogP contribution >= 0.6 is 0 Å². The lowest BCUT2D eigenvalue weighted by Gasteiger charge is -2.33. The van der Waals surface area contributed by atoms with Gasteiger partial charge in [-0.25, -0.2) is 26.9 Å². The van der Waals surface area contributed by atoms with E-state index < -0.39 is 33.0 Å². The van der Waals surface area contributed by atoms with E-state index in [0.29, 0.717) is 17.3 Å². The van der Waals surface area contributed by atoms with Gasteiger partial charge in [0.2, 0.25) is 0 Å². The highest BCUT2D eigenvalue weighted by Gasteiger charge is 2.42. The number of rotatable bonds is 7. The summed E-state index contributed by atoms with van der Waals surface area (Å²) in [5.74, 6) is -2.28. The minimum absolute atomic E-state index is 0.137. The Hall–Kier alpha value is -3.44. The van der Waals surface area contributed by atoms with Crippen molar-refractivity contribution in [1.82, 2.24) is 19.9 Å². The van der Waals surface area contributed by atoms with Gasteiger partial charge < -0.3 is 9.63 Å². The molecule has 33 heavy (non-hydrogen) atoms. The first-order valence-corrected chi connectivity index (χ1v) is 11.7. The molecule has 0 unspecified atom stereocenters. The van der Waals surface area contributed by atoms with Crippen LogP contribution in [0, 0.1) is 11.6 Å². The minimum atomic E-state index is -3.34. The second kappa shape index (κ2) is 8.49. The van der Waals surface area contributed by atoms with Gasteiger partial charge in [-0.15, -0.1) is 0 Å². The summed E-state index contributed by atoms with van der Waals surface area (Å²) in [6.45, 7) is 1.44. The number of hydrogen-bond donors (Lipinski definition) is 1. The number of aromatic nitrogens is 4. The quantitative estimate of drug-likeness (QED) is 0.437. The first kappa shape index (κ1) is 22.7. The predicted molar refractivity (Wildman–Crippen MR) is 114 cm³/mol.